The quantitative estimate of drug-likeness (QED) is 0.476. The van der Waals surface area contributed by atoms with Crippen molar-refractivity contribution >= 4 is 40.1 Å². The summed E-state index contributed by atoms with van der Waals surface area (Å²) in [6.07, 6.45) is 0. The second kappa shape index (κ2) is 7.44. The number of hydrogen-bond donors (Lipinski definition) is 0. The zero-order chi connectivity index (χ0) is 19.9. The summed E-state index contributed by atoms with van der Waals surface area (Å²) in [5.41, 5.74) is 2.18. The lowest BCUT2D eigenvalue weighted by Gasteiger charge is -2.10. The molecule has 0 atom stereocenters. The minimum absolute atomic E-state index is 0.136. The predicted octanol–water partition coefficient (Wildman–Crippen LogP) is 3.60. The molecule has 0 saturated heterocycles. The van der Waals surface area contributed by atoms with E-state index in [0.29, 0.717) is 17.0 Å². The van der Waals surface area contributed by atoms with Gasteiger partial charge in [0, 0.05) is 4.88 Å². The maximum absolute atomic E-state index is 13.3. The molecule has 3 aromatic heterocycles. The summed E-state index contributed by atoms with van der Waals surface area (Å²) in [4.78, 5) is 35.0. The van der Waals surface area contributed by atoms with Crippen molar-refractivity contribution in [3.05, 3.63) is 37.3 Å². The highest BCUT2D eigenvalue weighted by Gasteiger charge is 2.25. The average Bonchev–Trinajstić information content (AvgIpc) is 3.06. The zero-order valence-electron chi connectivity index (χ0n) is 15.9. The molecule has 3 heterocycles. The molecule has 0 spiro atoms. The standard InChI is InChI=1S/C18H21ClN4O3S/c1-6-26-13(24)7-22-15-16(19)20-11(5)21-17(15)23(18(22)25)14-10(4)27-8-12(14)9(2)3/h8-9H,6-7H2,1-5H3. The average molecular weight is 409 g/mol. The van der Waals surface area contributed by atoms with Gasteiger partial charge in [0.25, 0.3) is 0 Å². The van der Waals surface area contributed by atoms with Crippen LogP contribution >= 0.6 is 22.9 Å². The number of aromatic nitrogens is 4. The highest BCUT2D eigenvalue weighted by molar-refractivity contribution is 7.10. The third kappa shape index (κ3) is 3.39. The lowest BCUT2D eigenvalue weighted by molar-refractivity contribution is -0.143. The number of carbonyl (C=O) groups excluding carboxylic acids is 1. The first kappa shape index (κ1) is 19.6. The molecule has 9 heteroatoms. The highest BCUT2D eigenvalue weighted by atomic mass is 35.5. The van der Waals surface area contributed by atoms with Gasteiger partial charge in [-0.1, -0.05) is 25.4 Å². The molecule has 0 aromatic carbocycles. The third-order valence-electron chi connectivity index (χ3n) is 4.25. The fraction of sp³-hybridized carbons (Fsp3) is 0.444. The molecule has 27 heavy (non-hydrogen) atoms. The second-order valence-electron chi connectivity index (χ2n) is 6.49. The van der Waals surface area contributed by atoms with E-state index in [-0.39, 0.29) is 29.9 Å². The van der Waals surface area contributed by atoms with Crippen LogP contribution in [0.3, 0.4) is 0 Å². The van der Waals surface area contributed by atoms with Crippen molar-refractivity contribution in [1.29, 1.82) is 0 Å². The van der Waals surface area contributed by atoms with Crippen LogP contribution in [0.4, 0.5) is 0 Å². The van der Waals surface area contributed by atoms with Gasteiger partial charge in [-0.25, -0.2) is 19.3 Å². The van der Waals surface area contributed by atoms with Gasteiger partial charge < -0.3 is 4.74 Å². The highest BCUT2D eigenvalue weighted by Crippen LogP contribution is 2.33. The number of fused-ring (bicyclic) bond motifs is 1. The lowest BCUT2D eigenvalue weighted by Crippen LogP contribution is -2.27. The number of ether oxygens (including phenoxy) is 1. The van der Waals surface area contributed by atoms with Gasteiger partial charge in [-0.05, 0) is 37.6 Å². The van der Waals surface area contributed by atoms with Gasteiger partial charge in [-0.2, -0.15) is 0 Å². The van der Waals surface area contributed by atoms with E-state index in [0.717, 1.165) is 16.1 Å². The molecule has 0 aliphatic carbocycles. The third-order valence-corrected chi connectivity index (χ3v) is 5.43. The summed E-state index contributed by atoms with van der Waals surface area (Å²) in [6.45, 7) is 9.52. The lowest BCUT2D eigenvalue weighted by atomic mass is 10.0. The van der Waals surface area contributed by atoms with Gasteiger partial charge >= 0.3 is 11.7 Å². The van der Waals surface area contributed by atoms with E-state index in [1.54, 1.807) is 25.2 Å². The molecule has 3 aromatic rings. The normalized spacial score (nSPS) is 11.5. The van der Waals surface area contributed by atoms with Crippen LogP contribution < -0.4 is 5.69 Å². The monoisotopic (exact) mass is 408 g/mol. The summed E-state index contributed by atoms with van der Waals surface area (Å²) < 4.78 is 7.84. The Morgan fingerprint density at radius 1 is 1.33 bits per heavy atom. The van der Waals surface area contributed by atoms with Crippen molar-refractivity contribution in [3.8, 4) is 5.69 Å². The van der Waals surface area contributed by atoms with Gasteiger partial charge in [0.15, 0.2) is 10.8 Å². The zero-order valence-corrected chi connectivity index (χ0v) is 17.4. The van der Waals surface area contributed by atoms with Crippen molar-refractivity contribution < 1.29 is 9.53 Å². The number of thiophene rings is 1. The number of imidazole rings is 1. The number of hydrogen-bond acceptors (Lipinski definition) is 6. The summed E-state index contributed by atoms with van der Waals surface area (Å²) in [5, 5.41) is 2.18. The molecule has 0 aliphatic heterocycles. The molecular formula is C18H21ClN4O3S. The van der Waals surface area contributed by atoms with E-state index in [1.165, 1.54) is 9.13 Å². The number of carbonyl (C=O) groups is 1. The van der Waals surface area contributed by atoms with Gasteiger partial charge in [0.1, 0.15) is 17.9 Å². The van der Waals surface area contributed by atoms with E-state index in [2.05, 4.69) is 23.8 Å². The van der Waals surface area contributed by atoms with Crippen molar-refractivity contribution in [3.63, 3.8) is 0 Å². The van der Waals surface area contributed by atoms with Crippen LogP contribution in [0.25, 0.3) is 16.9 Å². The van der Waals surface area contributed by atoms with E-state index in [9.17, 15) is 9.59 Å². The Bertz CT molecular complexity index is 1080. The summed E-state index contributed by atoms with van der Waals surface area (Å²) in [6, 6.07) is 0. The number of nitrogens with zero attached hydrogens (tertiary/aromatic N) is 4. The molecule has 0 unspecified atom stereocenters. The molecule has 144 valence electrons. The van der Waals surface area contributed by atoms with Crippen LogP contribution in [0, 0.1) is 13.8 Å². The summed E-state index contributed by atoms with van der Waals surface area (Å²) in [7, 11) is 0. The van der Waals surface area contributed by atoms with E-state index in [4.69, 9.17) is 16.3 Å². The van der Waals surface area contributed by atoms with Crippen LogP contribution in [0.15, 0.2) is 10.2 Å². The Morgan fingerprint density at radius 3 is 2.67 bits per heavy atom. The first-order valence-corrected chi connectivity index (χ1v) is 9.91. The number of esters is 1. The maximum atomic E-state index is 13.3. The molecule has 7 nitrogen and oxygen atoms in total. The van der Waals surface area contributed by atoms with Crippen molar-refractivity contribution in [2.75, 3.05) is 6.61 Å². The number of halogens is 1. The SMILES string of the molecule is CCOC(=O)Cn1c(=O)n(-c2c(C(C)C)csc2C)c2nc(C)nc(Cl)c21. The molecule has 0 fully saturated rings. The summed E-state index contributed by atoms with van der Waals surface area (Å²) in [5.74, 6) is 0.161. The van der Waals surface area contributed by atoms with Crippen molar-refractivity contribution in [1.82, 2.24) is 19.1 Å². The Balaban J connectivity index is 2.38. The second-order valence-corrected chi connectivity index (χ2v) is 7.94. The Labute approximate surface area is 165 Å². The molecule has 0 bridgehead atoms. The first-order chi connectivity index (χ1) is 12.8. The van der Waals surface area contributed by atoms with E-state index >= 15 is 0 Å². The largest absolute Gasteiger partial charge is 0.465 e. The van der Waals surface area contributed by atoms with Gasteiger partial charge in [0.05, 0.1) is 12.3 Å². The molecule has 0 amide bonds. The molecular weight excluding hydrogens is 388 g/mol. The minimum Gasteiger partial charge on any atom is -0.465 e. The topological polar surface area (TPSA) is 79.0 Å². The molecule has 0 aliphatic rings. The van der Waals surface area contributed by atoms with Crippen LogP contribution in [-0.4, -0.2) is 31.7 Å². The van der Waals surface area contributed by atoms with Crippen LogP contribution in [0.2, 0.25) is 5.15 Å². The van der Waals surface area contributed by atoms with Crippen molar-refractivity contribution in [2.45, 2.75) is 47.1 Å². The van der Waals surface area contributed by atoms with Crippen LogP contribution in [0.5, 0.6) is 0 Å². The van der Waals surface area contributed by atoms with E-state index < -0.39 is 5.97 Å². The first-order valence-electron chi connectivity index (χ1n) is 8.65. The van der Waals surface area contributed by atoms with Crippen LogP contribution in [-0.2, 0) is 16.1 Å². The van der Waals surface area contributed by atoms with Crippen molar-refractivity contribution in [2.24, 2.45) is 0 Å². The van der Waals surface area contributed by atoms with Gasteiger partial charge in [-0.3, -0.25) is 9.36 Å². The Morgan fingerprint density at radius 2 is 2.04 bits per heavy atom. The number of rotatable bonds is 5. The fourth-order valence-corrected chi connectivity index (χ4v) is 4.38. The number of aryl methyl sites for hydroxylation is 2. The molecule has 0 N–H and O–H groups in total. The molecule has 0 saturated carbocycles. The molecule has 3 rings (SSSR count). The Hall–Kier alpha value is -2.19. The smallest absolute Gasteiger partial charge is 0.335 e. The Kier molecular flexibility index (Phi) is 5.39. The van der Waals surface area contributed by atoms with Crippen LogP contribution in [0.1, 0.15) is 43.0 Å². The van der Waals surface area contributed by atoms with E-state index in [1.807, 2.05) is 12.3 Å². The predicted molar refractivity (Wildman–Crippen MR) is 106 cm³/mol. The minimum atomic E-state index is -0.513. The molecule has 0 radical (unpaired) electrons. The van der Waals surface area contributed by atoms with Gasteiger partial charge in [0.2, 0.25) is 0 Å². The maximum Gasteiger partial charge on any atom is 0.335 e. The fourth-order valence-electron chi connectivity index (χ4n) is 3.06. The van der Waals surface area contributed by atoms with Gasteiger partial charge in [-0.15, -0.1) is 11.3 Å². The summed E-state index contributed by atoms with van der Waals surface area (Å²) >= 11 is 7.92.